The summed E-state index contributed by atoms with van der Waals surface area (Å²) in [7, 11) is 1.83. The highest BCUT2D eigenvalue weighted by molar-refractivity contribution is 5.15. The van der Waals surface area contributed by atoms with Crippen molar-refractivity contribution in [3.63, 3.8) is 0 Å². The molecule has 0 aromatic heterocycles. The zero-order valence-corrected chi connectivity index (χ0v) is 12.8. The van der Waals surface area contributed by atoms with E-state index in [4.69, 9.17) is 10.5 Å². The lowest BCUT2D eigenvalue weighted by Gasteiger charge is -2.50. The first-order valence-corrected chi connectivity index (χ1v) is 7.78. The molecule has 0 heterocycles. The standard InChI is InChI=1S/C17H28N2O/c1-3-19(13-15-9-5-4-6-10-15)17(14-18)12-8-7-11-16(17)20-2/h4-6,9-10,16H,3,7-8,11-14,18H2,1-2H3. The predicted octanol–water partition coefficient (Wildman–Crippen LogP) is 2.80. The molecule has 20 heavy (non-hydrogen) atoms. The Hall–Kier alpha value is -0.900. The van der Waals surface area contributed by atoms with Gasteiger partial charge in [0.05, 0.1) is 11.6 Å². The summed E-state index contributed by atoms with van der Waals surface area (Å²) in [6.07, 6.45) is 5.03. The van der Waals surface area contributed by atoms with E-state index >= 15 is 0 Å². The van der Waals surface area contributed by atoms with Gasteiger partial charge >= 0.3 is 0 Å². The minimum Gasteiger partial charge on any atom is -0.379 e. The van der Waals surface area contributed by atoms with Crippen molar-refractivity contribution in [2.24, 2.45) is 5.73 Å². The highest BCUT2D eigenvalue weighted by atomic mass is 16.5. The van der Waals surface area contributed by atoms with Gasteiger partial charge in [0.2, 0.25) is 0 Å². The summed E-state index contributed by atoms with van der Waals surface area (Å²) in [6.45, 7) is 4.86. The van der Waals surface area contributed by atoms with Gasteiger partial charge in [-0.15, -0.1) is 0 Å². The molecule has 1 aromatic carbocycles. The third-order valence-electron chi connectivity index (χ3n) is 4.79. The van der Waals surface area contributed by atoms with Crippen LogP contribution in [-0.2, 0) is 11.3 Å². The average Bonchev–Trinajstić information content (AvgIpc) is 2.53. The SMILES string of the molecule is CCN(Cc1ccccc1)C1(CN)CCCCC1OC. The van der Waals surface area contributed by atoms with Crippen molar-refractivity contribution < 1.29 is 4.74 Å². The highest BCUT2D eigenvalue weighted by Crippen LogP contribution is 2.35. The fraction of sp³-hybridized carbons (Fsp3) is 0.647. The molecule has 3 nitrogen and oxygen atoms in total. The Balaban J connectivity index is 2.21. The summed E-state index contributed by atoms with van der Waals surface area (Å²) in [4.78, 5) is 2.52. The summed E-state index contributed by atoms with van der Waals surface area (Å²) >= 11 is 0. The largest absolute Gasteiger partial charge is 0.379 e. The zero-order chi connectivity index (χ0) is 14.4. The summed E-state index contributed by atoms with van der Waals surface area (Å²) in [5, 5.41) is 0. The maximum Gasteiger partial charge on any atom is 0.0767 e. The maximum absolute atomic E-state index is 6.21. The number of ether oxygens (including phenoxy) is 1. The Bertz CT molecular complexity index is 395. The van der Waals surface area contributed by atoms with Gasteiger partial charge < -0.3 is 10.5 Å². The molecule has 1 aromatic rings. The topological polar surface area (TPSA) is 38.5 Å². The predicted molar refractivity (Wildman–Crippen MR) is 83.6 cm³/mol. The van der Waals surface area contributed by atoms with Crippen LogP contribution < -0.4 is 5.73 Å². The minimum absolute atomic E-state index is 0.00239. The number of benzene rings is 1. The molecular weight excluding hydrogens is 248 g/mol. The molecule has 1 aliphatic carbocycles. The van der Waals surface area contributed by atoms with Gasteiger partial charge in [-0.05, 0) is 24.9 Å². The Morgan fingerprint density at radius 2 is 2.05 bits per heavy atom. The first-order chi connectivity index (χ1) is 9.76. The number of nitrogens with two attached hydrogens (primary N) is 1. The summed E-state index contributed by atoms with van der Waals surface area (Å²) in [5.41, 5.74) is 7.56. The first-order valence-electron chi connectivity index (χ1n) is 7.78. The molecule has 0 saturated heterocycles. The van der Waals surface area contributed by atoms with E-state index in [1.807, 2.05) is 7.11 Å². The van der Waals surface area contributed by atoms with E-state index < -0.39 is 0 Å². The summed E-state index contributed by atoms with van der Waals surface area (Å²) in [6, 6.07) is 10.7. The van der Waals surface area contributed by atoms with Crippen LogP contribution >= 0.6 is 0 Å². The van der Waals surface area contributed by atoms with Crippen LogP contribution in [0.4, 0.5) is 0 Å². The van der Waals surface area contributed by atoms with Gasteiger partial charge in [0.15, 0.2) is 0 Å². The molecule has 0 spiro atoms. The first kappa shape index (κ1) is 15.5. The lowest BCUT2D eigenvalue weighted by atomic mass is 9.77. The number of hydrogen-bond donors (Lipinski definition) is 1. The van der Waals surface area contributed by atoms with Gasteiger partial charge in [-0.1, -0.05) is 50.1 Å². The highest BCUT2D eigenvalue weighted by Gasteiger charge is 2.44. The van der Waals surface area contributed by atoms with E-state index in [1.165, 1.54) is 18.4 Å². The normalized spacial score (nSPS) is 26.9. The van der Waals surface area contributed by atoms with Crippen molar-refractivity contribution in [3.8, 4) is 0 Å². The minimum atomic E-state index is -0.00239. The van der Waals surface area contributed by atoms with Crippen LogP contribution in [0.5, 0.6) is 0 Å². The maximum atomic E-state index is 6.21. The van der Waals surface area contributed by atoms with Crippen LogP contribution in [0, 0.1) is 0 Å². The molecule has 1 fully saturated rings. The number of hydrogen-bond acceptors (Lipinski definition) is 3. The van der Waals surface area contributed by atoms with Crippen molar-refractivity contribution in [1.29, 1.82) is 0 Å². The quantitative estimate of drug-likeness (QED) is 0.868. The Kier molecular flexibility index (Phi) is 5.58. The van der Waals surface area contributed by atoms with Crippen LogP contribution in [0.3, 0.4) is 0 Å². The van der Waals surface area contributed by atoms with Crippen LogP contribution in [0.1, 0.15) is 38.2 Å². The van der Waals surface area contributed by atoms with E-state index in [-0.39, 0.29) is 11.6 Å². The second-order valence-corrected chi connectivity index (χ2v) is 5.78. The van der Waals surface area contributed by atoms with E-state index in [2.05, 4.69) is 42.2 Å². The summed E-state index contributed by atoms with van der Waals surface area (Å²) in [5.74, 6) is 0. The lowest BCUT2D eigenvalue weighted by molar-refractivity contribution is -0.0773. The van der Waals surface area contributed by atoms with Crippen LogP contribution in [-0.4, -0.2) is 36.7 Å². The van der Waals surface area contributed by atoms with E-state index in [0.717, 1.165) is 25.9 Å². The van der Waals surface area contributed by atoms with Gasteiger partial charge in [0.25, 0.3) is 0 Å². The van der Waals surface area contributed by atoms with Crippen molar-refractivity contribution in [1.82, 2.24) is 4.90 Å². The molecule has 2 N–H and O–H groups in total. The molecule has 2 unspecified atom stereocenters. The molecule has 2 atom stereocenters. The molecule has 0 amide bonds. The fourth-order valence-corrected chi connectivity index (χ4v) is 3.64. The molecule has 2 rings (SSSR count). The molecular formula is C17H28N2O. The number of rotatable bonds is 6. The third-order valence-corrected chi connectivity index (χ3v) is 4.79. The van der Waals surface area contributed by atoms with Gasteiger partial charge in [-0.25, -0.2) is 0 Å². The molecule has 1 saturated carbocycles. The zero-order valence-electron chi connectivity index (χ0n) is 12.8. The second-order valence-electron chi connectivity index (χ2n) is 5.78. The Morgan fingerprint density at radius 3 is 2.65 bits per heavy atom. The van der Waals surface area contributed by atoms with Crippen molar-refractivity contribution in [3.05, 3.63) is 35.9 Å². The average molecular weight is 276 g/mol. The Labute approximate surface area is 123 Å². The van der Waals surface area contributed by atoms with Gasteiger partial charge in [-0.3, -0.25) is 4.90 Å². The molecule has 1 aliphatic rings. The fourth-order valence-electron chi connectivity index (χ4n) is 3.64. The Morgan fingerprint density at radius 1 is 1.30 bits per heavy atom. The number of methoxy groups -OCH3 is 1. The summed E-state index contributed by atoms with van der Waals surface area (Å²) < 4.78 is 5.80. The lowest BCUT2D eigenvalue weighted by Crippen LogP contribution is -2.62. The van der Waals surface area contributed by atoms with E-state index in [9.17, 15) is 0 Å². The van der Waals surface area contributed by atoms with Gasteiger partial charge in [-0.2, -0.15) is 0 Å². The molecule has 0 aliphatic heterocycles. The van der Waals surface area contributed by atoms with Crippen molar-refractivity contribution in [2.75, 3.05) is 20.2 Å². The number of nitrogens with zero attached hydrogens (tertiary/aromatic N) is 1. The monoisotopic (exact) mass is 276 g/mol. The van der Waals surface area contributed by atoms with E-state index in [1.54, 1.807) is 0 Å². The van der Waals surface area contributed by atoms with Crippen molar-refractivity contribution in [2.45, 2.75) is 50.8 Å². The third kappa shape index (κ3) is 3.05. The van der Waals surface area contributed by atoms with Gasteiger partial charge in [0.1, 0.15) is 0 Å². The van der Waals surface area contributed by atoms with Crippen LogP contribution in [0.2, 0.25) is 0 Å². The van der Waals surface area contributed by atoms with Crippen LogP contribution in [0.25, 0.3) is 0 Å². The van der Waals surface area contributed by atoms with Crippen LogP contribution in [0.15, 0.2) is 30.3 Å². The molecule has 112 valence electrons. The van der Waals surface area contributed by atoms with Crippen molar-refractivity contribution >= 4 is 0 Å². The molecule has 3 heteroatoms. The van der Waals surface area contributed by atoms with E-state index in [0.29, 0.717) is 6.54 Å². The van der Waals surface area contributed by atoms with Gasteiger partial charge in [0, 0.05) is 20.2 Å². The number of likely N-dealkylation sites (N-methyl/N-ethyl adjacent to an activating group) is 1. The second kappa shape index (κ2) is 7.21. The smallest absolute Gasteiger partial charge is 0.0767 e. The molecule has 0 radical (unpaired) electrons. The molecule has 0 bridgehead atoms.